The quantitative estimate of drug-likeness (QED) is 0.766. The van der Waals surface area contributed by atoms with Crippen LogP contribution >= 0.6 is 0 Å². The van der Waals surface area contributed by atoms with Crippen molar-refractivity contribution in [2.75, 3.05) is 12.8 Å². The van der Waals surface area contributed by atoms with Crippen LogP contribution in [0.5, 0.6) is 0 Å². The molecule has 0 bridgehead atoms. The largest absolute Gasteiger partial charge is 0.383 e. The Labute approximate surface area is 121 Å². The molecule has 0 aliphatic heterocycles. The summed E-state index contributed by atoms with van der Waals surface area (Å²) in [6, 6.07) is 7.51. The first-order valence-electron chi connectivity index (χ1n) is 6.53. The van der Waals surface area contributed by atoms with Crippen LogP contribution in [0.15, 0.2) is 42.9 Å². The van der Waals surface area contributed by atoms with Crippen LogP contribution in [0.1, 0.15) is 15.9 Å². The number of fused-ring (bicyclic) bond motifs is 1. The third kappa shape index (κ3) is 2.43. The lowest BCUT2D eigenvalue weighted by atomic mass is 10.1. The second-order valence-corrected chi connectivity index (χ2v) is 4.87. The van der Waals surface area contributed by atoms with Gasteiger partial charge in [-0.2, -0.15) is 5.10 Å². The van der Waals surface area contributed by atoms with Gasteiger partial charge in [0.05, 0.1) is 11.8 Å². The van der Waals surface area contributed by atoms with Crippen molar-refractivity contribution in [2.45, 2.75) is 6.54 Å². The predicted octanol–water partition coefficient (Wildman–Crippen LogP) is 1.81. The van der Waals surface area contributed by atoms with Gasteiger partial charge in [0.25, 0.3) is 5.91 Å². The molecule has 2 aromatic heterocycles. The Bertz CT molecular complexity index is 782. The lowest BCUT2D eigenvalue weighted by Gasteiger charge is -2.17. The minimum Gasteiger partial charge on any atom is -0.383 e. The van der Waals surface area contributed by atoms with E-state index in [4.69, 9.17) is 5.73 Å². The number of amides is 1. The number of nitrogen functional groups attached to an aromatic ring is 1. The Morgan fingerprint density at radius 1 is 1.29 bits per heavy atom. The summed E-state index contributed by atoms with van der Waals surface area (Å²) in [6.07, 6.45) is 5.00. The Morgan fingerprint density at radius 2 is 2.05 bits per heavy atom. The van der Waals surface area contributed by atoms with E-state index in [1.54, 1.807) is 24.3 Å². The number of anilines is 1. The monoisotopic (exact) mass is 281 g/mol. The van der Waals surface area contributed by atoms with Crippen LogP contribution in [-0.4, -0.2) is 33.0 Å². The maximum Gasteiger partial charge on any atom is 0.256 e. The predicted molar refractivity (Wildman–Crippen MR) is 80.5 cm³/mol. The van der Waals surface area contributed by atoms with Gasteiger partial charge in [-0.25, -0.2) is 4.98 Å². The Hall–Kier alpha value is -2.89. The number of aromatic amines is 1. The van der Waals surface area contributed by atoms with Gasteiger partial charge in [-0.05, 0) is 5.39 Å². The third-order valence-corrected chi connectivity index (χ3v) is 3.38. The normalized spacial score (nSPS) is 10.7. The zero-order valence-electron chi connectivity index (χ0n) is 11.6. The highest BCUT2D eigenvalue weighted by Gasteiger charge is 2.16. The van der Waals surface area contributed by atoms with Gasteiger partial charge < -0.3 is 10.6 Å². The van der Waals surface area contributed by atoms with Crippen LogP contribution < -0.4 is 5.73 Å². The fraction of sp³-hybridized carbons (Fsp3) is 0.133. The summed E-state index contributed by atoms with van der Waals surface area (Å²) in [5.74, 6) is 0.333. The van der Waals surface area contributed by atoms with Gasteiger partial charge in [-0.1, -0.05) is 24.3 Å². The number of aromatic nitrogens is 3. The van der Waals surface area contributed by atoms with Crippen LogP contribution in [0.3, 0.4) is 0 Å². The molecule has 0 aliphatic carbocycles. The van der Waals surface area contributed by atoms with E-state index in [-0.39, 0.29) is 5.91 Å². The number of nitrogens with two attached hydrogens (primary N) is 1. The van der Waals surface area contributed by atoms with E-state index in [1.807, 2.05) is 24.3 Å². The summed E-state index contributed by atoms with van der Waals surface area (Å²) in [6.45, 7) is 0.480. The molecule has 1 amide bonds. The number of pyridine rings is 1. The molecule has 0 saturated heterocycles. The molecule has 0 radical (unpaired) electrons. The number of carbonyl (C=O) groups excluding carboxylic acids is 1. The number of hydrogen-bond donors (Lipinski definition) is 2. The SMILES string of the molecule is CN(Cc1cn[nH]c1)C(=O)c1cnc(N)c2ccccc12. The molecule has 6 nitrogen and oxygen atoms in total. The first-order chi connectivity index (χ1) is 10.2. The molecule has 0 atom stereocenters. The molecule has 0 spiro atoms. The fourth-order valence-electron chi connectivity index (χ4n) is 2.30. The number of nitrogens with one attached hydrogen (secondary N) is 1. The molecule has 0 fully saturated rings. The molecule has 21 heavy (non-hydrogen) atoms. The molecule has 0 saturated carbocycles. The summed E-state index contributed by atoms with van der Waals surface area (Å²) in [7, 11) is 1.75. The molecule has 0 unspecified atom stereocenters. The average molecular weight is 281 g/mol. The Balaban J connectivity index is 1.96. The van der Waals surface area contributed by atoms with Crippen LogP contribution in [0.25, 0.3) is 10.8 Å². The van der Waals surface area contributed by atoms with Gasteiger partial charge in [-0.3, -0.25) is 9.89 Å². The van der Waals surface area contributed by atoms with E-state index in [0.717, 1.165) is 16.3 Å². The molecule has 106 valence electrons. The molecule has 3 N–H and O–H groups in total. The lowest BCUT2D eigenvalue weighted by molar-refractivity contribution is 0.0786. The van der Waals surface area contributed by atoms with Crippen LogP contribution in [0.2, 0.25) is 0 Å². The summed E-state index contributed by atoms with van der Waals surface area (Å²) in [5, 5.41) is 8.22. The van der Waals surface area contributed by atoms with Crippen molar-refractivity contribution in [2.24, 2.45) is 0 Å². The number of carbonyl (C=O) groups is 1. The number of H-pyrrole nitrogens is 1. The molecule has 0 aliphatic rings. The maximum absolute atomic E-state index is 12.6. The standard InChI is InChI=1S/C15H15N5O/c1-20(9-10-6-18-19-7-10)15(21)13-8-17-14(16)12-5-3-2-4-11(12)13/h2-8H,9H2,1H3,(H2,16,17)(H,18,19). The van der Waals surface area contributed by atoms with E-state index in [0.29, 0.717) is 17.9 Å². The van der Waals surface area contributed by atoms with Gasteiger partial charge in [0.2, 0.25) is 0 Å². The highest BCUT2D eigenvalue weighted by atomic mass is 16.2. The van der Waals surface area contributed by atoms with Crippen molar-refractivity contribution in [3.63, 3.8) is 0 Å². The lowest BCUT2D eigenvalue weighted by Crippen LogP contribution is -2.26. The molecule has 1 aromatic carbocycles. The number of benzene rings is 1. The van der Waals surface area contributed by atoms with Crippen molar-refractivity contribution in [1.29, 1.82) is 0 Å². The minimum atomic E-state index is -0.0973. The molecule has 2 heterocycles. The van der Waals surface area contributed by atoms with Crippen molar-refractivity contribution in [3.05, 3.63) is 54.0 Å². The van der Waals surface area contributed by atoms with E-state index < -0.39 is 0 Å². The fourth-order valence-corrected chi connectivity index (χ4v) is 2.30. The zero-order chi connectivity index (χ0) is 14.8. The molecular formula is C15H15N5O. The van der Waals surface area contributed by atoms with Crippen molar-refractivity contribution < 1.29 is 4.79 Å². The van der Waals surface area contributed by atoms with Crippen molar-refractivity contribution in [3.8, 4) is 0 Å². The third-order valence-electron chi connectivity index (χ3n) is 3.38. The second kappa shape index (κ2) is 5.24. The number of hydrogen-bond acceptors (Lipinski definition) is 4. The van der Waals surface area contributed by atoms with Gasteiger partial charge >= 0.3 is 0 Å². The minimum absolute atomic E-state index is 0.0973. The molecule has 3 aromatic rings. The van der Waals surface area contributed by atoms with E-state index in [1.165, 1.54) is 6.20 Å². The highest BCUT2D eigenvalue weighted by molar-refractivity contribution is 6.08. The number of nitrogens with zero attached hydrogens (tertiary/aromatic N) is 3. The van der Waals surface area contributed by atoms with Crippen LogP contribution in [0, 0.1) is 0 Å². The van der Waals surface area contributed by atoms with Gasteiger partial charge in [-0.15, -0.1) is 0 Å². The van der Waals surface area contributed by atoms with Crippen molar-refractivity contribution >= 4 is 22.5 Å². The van der Waals surface area contributed by atoms with E-state index in [2.05, 4.69) is 15.2 Å². The van der Waals surface area contributed by atoms with Crippen LogP contribution in [-0.2, 0) is 6.54 Å². The first-order valence-corrected chi connectivity index (χ1v) is 6.53. The highest BCUT2D eigenvalue weighted by Crippen LogP contribution is 2.23. The zero-order valence-corrected chi connectivity index (χ0v) is 11.6. The average Bonchev–Trinajstić information content (AvgIpc) is 3.00. The topological polar surface area (TPSA) is 87.9 Å². The number of rotatable bonds is 3. The molecule has 6 heteroatoms. The first kappa shape index (κ1) is 13.1. The smallest absolute Gasteiger partial charge is 0.256 e. The van der Waals surface area contributed by atoms with Gasteiger partial charge in [0, 0.05) is 36.9 Å². The summed E-state index contributed by atoms with van der Waals surface area (Å²) >= 11 is 0. The second-order valence-electron chi connectivity index (χ2n) is 4.87. The maximum atomic E-state index is 12.6. The Kier molecular flexibility index (Phi) is 3.27. The van der Waals surface area contributed by atoms with Gasteiger partial charge in [0.15, 0.2) is 0 Å². The van der Waals surface area contributed by atoms with E-state index >= 15 is 0 Å². The summed E-state index contributed by atoms with van der Waals surface area (Å²) in [5.41, 5.74) is 7.35. The summed E-state index contributed by atoms with van der Waals surface area (Å²) < 4.78 is 0. The summed E-state index contributed by atoms with van der Waals surface area (Å²) in [4.78, 5) is 18.4. The molecular weight excluding hydrogens is 266 g/mol. The molecule has 3 rings (SSSR count). The van der Waals surface area contributed by atoms with E-state index in [9.17, 15) is 4.79 Å². The van der Waals surface area contributed by atoms with Crippen LogP contribution in [0.4, 0.5) is 5.82 Å². The van der Waals surface area contributed by atoms with Gasteiger partial charge in [0.1, 0.15) is 5.82 Å². The Morgan fingerprint density at radius 3 is 2.76 bits per heavy atom. The van der Waals surface area contributed by atoms with Crippen molar-refractivity contribution in [1.82, 2.24) is 20.1 Å².